The van der Waals surface area contributed by atoms with Gasteiger partial charge in [-0.15, -0.1) is 0 Å². The van der Waals surface area contributed by atoms with E-state index in [1.165, 1.54) is 12.8 Å². The Morgan fingerprint density at radius 1 is 1.36 bits per heavy atom. The Morgan fingerprint density at radius 2 is 2.21 bits per heavy atom. The van der Waals surface area contributed by atoms with Crippen molar-refractivity contribution in [2.24, 2.45) is 0 Å². The zero-order valence-corrected chi connectivity index (χ0v) is 9.48. The molecule has 76 valence electrons. The molecule has 1 N–H and O–H groups in total. The van der Waals surface area contributed by atoms with Crippen LogP contribution in [0.1, 0.15) is 30.9 Å². The average Bonchev–Trinajstić information content (AvgIpc) is 2.23. The zero-order chi connectivity index (χ0) is 9.97. The summed E-state index contributed by atoms with van der Waals surface area (Å²) in [7, 11) is 0. The van der Waals surface area contributed by atoms with E-state index in [1.807, 2.05) is 6.07 Å². The van der Waals surface area contributed by atoms with E-state index in [9.17, 15) is 4.39 Å². The van der Waals surface area contributed by atoms with Crippen molar-refractivity contribution in [2.45, 2.75) is 25.3 Å². The number of halogens is 2. The van der Waals surface area contributed by atoms with Crippen molar-refractivity contribution < 1.29 is 4.39 Å². The largest absolute Gasteiger partial charge is 0.310 e. The molecule has 0 amide bonds. The summed E-state index contributed by atoms with van der Waals surface area (Å²) in [6.45, 7) is 1.04. The van der Waals surface area contributed by atoms with E-state index >= 15 is 0 Å². The van der Waals surface area contributed by atoms with Gasteiger partial charge in [0.05, 0.1) is 4.47 Å². The second-order valence-corrected chi connectivity index (χ2v) is 4.53. The summed E-state index contributed by atoms with van der Waals surface area (Å²) in [4.78, 5) is 0. The average molecular weight is 258 g/mol. The first-order valence-corrected chi connectivity index (χ1v) is 5.75. The van der Waals surface area contributed by atoms with Gasteiger partial charge in [-0.05, 0) is 53.0 Å². The fourth-order valence-corrected chi connectivity index (χ4v) is 2.11. The predicted molar refractivity (Wildman–Crippen MR) is 58.7 cm³/mol. The van der Waals surface area contributed by atoms with Crippen molar-refractivity contribution in [3.05, 3.63) is 34.1 Å². The summed E-state index contributed by atoms with van der Waals surface area (Å²) in [6.07, 6.45) is 3.58. The molecule has 2 rings (SSSR count). The summed E-state index contributed by atoms with van der Waals surface area (Å²) in [5.74, 6) is -0.171. The number of piperidine rings is 1. The SMILES string of the molecule is Fc1cc([C@H]2CCCCN2)ccc1Br. The number of nitrogens with one attached hydrogen (secondary N) is 1. The molecule has 0 radical (unpaired) electrons. The van der Waals surface area contributed by atoms with E-state index < -0.39 is 0 Å². The Kier molecular flexibility index (Phi) is 3.19. The molecule has 0 aromatic heterocycles. The van der Waals surface area contributed by atoms with Crippen LogP contribution >= 0.6 is 15.9 Å². The van der Waals surface area contributed by atoms with Crippen LogP contribution < -0.4 is 5.32 Å². The standard InChI is InChI=1S/C11H13BrFN/c12-9-5-4-8(7-10(9)13)11-3-1-2-6-14-11/h4-5,7,11,14H,1-3,6H2/t11-/m1/s1. The van der Waals surface area contributed by atoms with Gasteiger partial charge in [0.15, 0.2) is 0 Å². The zero-order valence-electron chi connectivity index (χ0n) is 7.89. The first-order chi connectivity index (χ1) is 6.77. The third-order valence-electron chi connectivity index (χ3n) is 2.66. The molecule has 1 heterocycles. The molecule has 0 spiro atoms. The molecule has 1 nitrogen and oxygen atoms in total. The van der Waals surface area contributed by atoms with Crippen molar-refractivity contribution in [3.63, 3.8) is 0 Å². The molecule has 1 aromatic carbocycles. The monoisotopic (exact) mass is 257 g/mol. The molecule has 0 aliphatic carbocycles. The Labute approximate surface area is 91.8 Å². The summed E-state index contributed by atoms with van der Waals surface area (Å²) in [5.41, 5.74) is 1.06. The Hall–Kier alpha value is -0.410. The molecule has 0 unspecified atom stereocenters. The van der Waals surface area contributed by atoms with Gasteiger partial charge in [0.2, 0.25) is 0 Å². The van der Waals surface area contributed by atoms with E-state index in [0.717, 1.165) is 18.5 Å². The van der Waals surface area contributed by atoms with Crippen molar-refractivity contribution in [3.8, 4) is 0 Å². The first kappa shape index (κ1) is 10.1. The summed E-state index contributed by atoms with van der Waals surface area (Å²) in [5, 5.41) is 3.40. The van der Waals surface area contributed by atoms with E-state index in [0.29, 0.717) is 10.5 Å². The smallest absolute Gasteiger partial charge is 0.137 e. The van der Waals surface area contributed by atoms with Gasteiger partial charge in [0, 0.05) is 6.04 Å². The Balaban J connectivity index is 2.18. The summed E-state index contributed by atoms with van der Waals surface area (Å²) < 4.78 is 13.8. The van der Waals surface area contributed by atoms with Crippen LogP contribution in [0.5, 0.6) is 0 Å². The minimum absolute atomic E-state index is 0.171. The molecule has 1 aromatic rings. The number of hydrogen-bond donors (Lipinski definition) is 1. The van der Waals surface area contributed by atoms with E-state index in [1.54, 1.807) is 12.1 Å². The van der Waals surface area contributed by atoms with Gasteiger partial charge >= 0.3 is 0 Å². The Bertz CT molecular complexity index is 321. The quantitative estimate of drug-likeness (QED) is 0.814. The second kappa shape index (κ2) is 4.41. The lowest BCUT2D eigenvalue weighted by Crippen LogP contribution is -2.26. The van der Waals surface area contributed by atoms with Crippen LogP contribution in [-0.4, -0.2) is 6.54 Å². The molecule has 0 saturated carbocycles. The third kappa shape index (κ3) is 2.15. The second-order valence-electron chi connectivity index (χ2n) is 3.68. The van der Waals surface area contributed by atoms with Crippen molar-refractivity contribution in [1.29, 1.82) is 0 Å². The fraction of sp³-hybridized carbons (Fsp3) is 0.455. The van der Waals surface area contributed by atoms with Crippen LogP contribution in [0.3, 0.4) is 0 Å². The maximum Gasteiger partial charge on any atom is 0.137 e. The van der Waals surface area contributed by atoms with E-state index in [2.05, 4.69) is 21.2 Å². The van der Waals surface area contributed by atoms with Gasteiger partial charge in [0.25, 0.3) is 0 Å². The number of rotatable bonds is 1. The summed E-state index contributed by atoms with van der Waals surface area (Å²) >= 11 is 3.16. The molecule has 1 aliphatic heterocycles. The van der Waals surface area contributed by atoms with Crippen molar-refractivity contribution in [2.75, 3.05) is 6.54 Å². The lowest BCUT2D eigenvalue weighted by Gasteiger charge is -2.23. The first-order valence-electron chi connectivity index (χ1n) is 4.96. The van der Waals surface area contributed by atoms with Crippen LogP contribution in [0.2, 0.25) is 0 Å². The maximum absolute atomic E-state index is 13.3. The normalized spacial score (nSPS) is 22.3. The predicted octanol–water partition coefficient (Wildman–Crippen LogP) is 3.40. The van der Waals surface area contributed by atoms with E-state index in [-0.39, 0.29) is 5.82 Å². The van der Waals surface area contributed by atoms with Crippen LogP contribution in [0.25, 0.3) is 0 Å². The van der Waals surface area contributed by atoms with Crippen LogP contribution in [0, 0.1) is 5.82 Å². The van der Waals surface area contributed by atoms with Gasteiger partial charge < -0.3 is 5.32 Å². The van der Waals surface area contributed by atoms with Crippen molar-refractivity contribution >= 4 is 15.9 Å². The minimum atomic E-state index is -0.171. The maximum atomic E-state index is 13.3. The highest BCUT2D eigenvalue weighted by Gasteiger charge is 2.15. The highest BCUT2D eigenvalue weighted by Crippen LogP contribution is 2.25. The summed E-state index contributed by atoms with van der Waals surface area (Å²) in [6, 6.07) is 5.72. The molecule has 0 bridgehead atoms. The number of hydrogen-bond acceptors (Lipinski definition) is 1. The van der Waals surface area contributed by atoms with Gasteiger partial charge in [-0.25, -0.2) is 4.39 Å². The Morgan fingerprint density at radius 3 is 2.86 bits per heavy atom. The van der Waals surface area contributed by atoms with Gasteiger partial charge in [-0.2, -0.15) is 0 Å². The molecular formula is C11H13BrFN. The van der Waals surface area contributed by atoms with Crippen LogP contribution in [-0.2, 0) is 0 Å². The van der Waals surface area contributed by atoms with E-state index in [4.69, 9.17) is 0 Å². The highest BCUT2D eigenvalue weighted by atomic mass is 79.9. The molecule has 3 heteroatoms. The van der Waals surface area contributed by atoms with Gasteiger partial charge in [0.1, 0.15) is 5.82 Å². The highest BCUT2D eigenvalue weighted by molar-refractivity contribution is 9.10. The minimum Gasteiger partial charge on any atom is -0.310 e. The van der Waals surface area contributed by atoms with Crippen LogP contribution in [0.15, 0.2) is 22.7 Å². The fourth-order valence-electron chi connectivity index (χ4n) is 1.87. The molecule has 1 aliphatic rings. The molecular weight excluding hydrogens is 245 g/mol. The lowest BCUT2D eigenvalue weighted by atomic mass is 9.98. The number of benzene rings is 1. The molecule has 14 heavy (non-hydrogen) atoms. The van der Waals surface area contributed by atoms with Gasteiger partial charge in [-0.1, -0.05) is 12.5 Å². The molecule has 1 fully saturated rings. The third-order valence-corrected chi connectivity index (χ3v) is 3.30. The van der Waals surface area contributed by atoms with Crippen molar-refractivity contribution in [1.82, 2.24) is 5.32 Å². The molecule has 1 saturated heterocycles. The van der Waals surface area contributed by atoms with Gasteiger partial charge in [-0.3, -0.25) is 0 Å². The van der Waals surface area contributed by atoms with Crippen LogP contribution in [0.4, 0.5) is 4.39 Å². The topological polar surface area (TPSA) is 12.0 Å². The lowest BCUT2D eigenvalue weighted by molar-refractivity contribution is 0.411. The molecule has 1 atom stereocenters.